The summed E-state index contributed by atoms with van der Waals surface area (Å²) in [4.78, 5) is 15.4. The number of amides is 2. The summed E-state index contributed by atoms with van der Waals surface area (Å²) in [7, 11) is 0. The first-order valence-corrected chi connectivity index (χ1v) is 9.54. The zero-order valence-corrected chi connectivity index (χ0v) is 14.8. The predicted molar refractivity (Wildman–Crippen MR) is 99.3 cm³/mol. The summed E-state index contributed by atoms with van der Waals surface area (Å²) in [6, 6.07) is 12.5. The lowest BCUT2D eigenvalue weighted by Gasteiger charge is -2.20. The van der Waals surface area contributed by atoms with Crippen molar-refractivity contribution in [2.75, 3.05) is 13.1 Å². The van der Waals surface area contributed by atoms with Gasteiger partial charge in [0.25, 0.3) is 0 Å². The highest BCUT2D eigenvalue weighted by Crippen LogP contribution is 2.25. The van der Waals surface area contributed by atoms with Crippen molar-refractivity contribution >= 4 is 38.8 Å². The third kappa shape index (κ3) is 3.92. The number of rotatable bonds is 6. The van der Waals surface area contributed by atoms with Crippen LogP contribution in [0.1, 0.15) is 17.4 Å². The van der Waals surface area contributed by atoms with Gasteiger partial charge in [0.2, 0.25) is 0 Å². The molecule has 0 aliphatic rings. The van der Waals surface area contributed by atoms with Gasteiger partial charge in [-0.25, -0.2) is 4.79 Å². The molecule has 0 saturated heterocycles. The number of fused-ring (bicyclic) bond motifs is 1. The third-order valence-electron chi connectivity index (χ3n) is 3.83. The first-order chi connectivity index (χ1) is 11.3. The van der Waals surface area contributed by atoms with Crippen LogP contribution in [0.15, 0.2) is 47.2 Å². The fourth-order valence-corrected chi connectivity index (χ4v) is 4.28. The number of nitrogens with one attached hydrogen (secondary N) is 1. The molecule has 0 spiro atoms. The van der Waals surface area contributed by atoms with Crippen molar-refractivity contribution < 1.29 is 4.79 Å². The normalized spacial score (nSPS) is 10.8. The SMILES string of the molecule is CCN(Cc1cccs1)C(=O)NCCc1csc2ccccc12. The molecule has 2 aromatic heterocycles. The van der Waals surface area contributed by atoms with Gasteiger partial charge in [-0.1, -0.05) is 24.3 Å². The van der Waals surface area contributed by atoms with Crippen molar-refractivity contribution in [1.82, 2.24) is 10.2 Å². The second-order valence-corrected chi connectivity index (χ2v) is 7.28. The van der Waals surface area contributed by atoms with E-state index in [4.69, 9.17) is 0 Å². The highest BCUT2D eigenvalue weighted by molar-refractivity contribution is 7.17. The van der Waals surface area contributed by atoms with Crippen molar-refractivity contribution in [3.63, 3.8) is 0 Å². The lowest BCUT2D eigenvalue weighted by atomic mass is 10.1. The maximum Gasteiger partial charge on any atom is 0.317 e. The van der Waals surface area contributed by atoms with Gasteiger partial charge in [0.15, 0.2) is 0 Å². The van der Waals surface area contributed by atoms with Crippen LogP contribution in [-0.2, 0) is 13.0 Å². The Labute approximate surface area is 144 Å². The number of thiophene rings is 2. The minimum Gasteiger partial charge on any atom is -0.338 e. The molecule has 120 valence electrons. The fraction of sp³-hybridized carbons (Fsp3) is 0.278. The number of urea groups is 1. The van der Waals surface area contributed by atoms with Crippen molar-refractivity contribution in [2.45, 2.75) is 19.9 Å². The maximum atomic E-state index is 12.3. The molecule has 23 heavy (non-hydrogen) atoms. The zero-order chi connectivity index (χ0) is 16.1. The van der Waals surface area contributed by atoms with Crippen LogP contribution in [0.2, 0.25) is 0 Å². The number of carbonyl (C=O) groups is 1. The largest absolute Gasteiger partial charge is 0.338 e. The molecule has 0 aliphatic heterocycles. The van der Waals surface area contributed by atoms with Gasteiger partial charge < -0.3 is 10.2 Å². The van der Waals surface area contributed by atoms with Gasteiger partial charge in [-0.05, 0) is 47.2 Å². The number of carbonyl (C=O) groups excluding carboxylic acids is 1. The number of nitrogens with zero attached hydrogens (tertiary/aromatic N) is 1. The van der Waals surface area contributed by atoms with E-state index in [1.54, 1.807) is 22.7 Å². The van der Waals surface area contributed by atoms with Gasteiger partial charge in [0.1, 0.15) is 0 Å². The molecule has 5 heteroatoms. The summed E-state index contributed by atoms with van der Waals surface area (Å²) >= 11 is 3.45. The van der Waals surface area contributed by atoms with Crippen molar-refractivity contribution in [3.05, 3.63) is 57.6 Å². The van der Waals surface area contributed by atoms with Gasteiger partial charge >= 0.3 is 6.03 Å². The first kappa shape index (κ1) is 16.0. The topological polar surface area (TPSA) is 32.3 Å². The quantitative estimate of drug-likeness (QED) is 0.688. The number of benzene rings is 1. The molecule has 0 radical (unpaired) electrons. The summed E-state index contributed by atoms with van der Waals surface area (Å²) in [6.07, 6.45) is 0.867. The van der Waals surface area contributed by atoms with Gasteiger partial charge in [0, 0.05) is 22.7 Å². The Hall–Kier alpha value is -1.85. The third-order valence-corrected chi connectivity index (χ3v) is 5.70. The van der Waals surface area contributed by atoms with Crippen molar-refractivity contribution in [1.29, 1.82) is 0 Å². The molecule has 0 saturated carbocycles. The highest BCUT2D eigenvalue weighted by atomic mass is 32.1. The lowest BCUT2D eigenvalue weighted by Crippen LogP contribution is -2.40. The first-order valence-electron chi connectivity index (χ1n) is 7.78. The summed E-state index contributed by atoms with van der Waals surface area (Å²) < 4.78 is 1.31. The molecule has 3 nitrogen and oxygen atoms in total. The molecule has 0 unspecified atom stereocenters. The summed E-state index contributed by atoms with van der Waals surface area (Å²) in [5, 5.41) is 8.59. The maximum absolute atomic E-state index is 12.3. The van der Waals surface area contributed by atoms with Crippen molar-refractivity contribution in [3.8, 4) is 0 Å². The van der Waals surface area contributed by atoms with Gasteiger partial charge in [-0.3, -0.25) is 0 Å². The molecule has 3 rings (SSSR count). The van der Waals surface area contributed by atoms with Gasteiger partial charge in [0.05, 0.1) is 6.54 Å². The summed E-state index contributed by atoms with van der Waals surface area (Å²) in [5.74, 6) is 0. The Morgan fingerprint density at radius 1 is 1.17 bits per heavy atom. The Morgan fingerprint density at radius 3 is 2.83 bits per heavy atom. The van der Waals surface area contributed by atoms with E-state index in [0.29, 0.717) is 19.6 Å². The molecule has 1 aromatic carbocycles. The van der Waals surface area contributed by atoms with E-state index in [9.17, 15) is 4.79 Å². The fourth-order valence-electron chi connectivity index (χ4n) is 2.56. The van der Waals surface area contributed by atoms with E-state index in [2.05, 4.69) is 41.0 Å². The van der Waals surface area contributed by atoms with E-state index in [1.807, 2.05) is 23.3 Å². The molecule has 0 atom stereocenters. The Balaban J connectivity index is 1.54. The number of hydrogen-bond donors (Lipinski definition) is 1. The monoisotopic (exact) mass is 344 g/mol. The predicted octanol–water partition coefficient (Wildman–Crippen LogP) is 4.74. The van der Waals surface area contributed by atoms with Crippen LogP contribution in [0.5, 0.6) is 0 Å². The van der Waals surface area contributed by atoms with Crippen molar-refractivity contribution in [2.24, 2.45) is 0 Å². The molecule has 0 aliphatic carbocycles. The van der Waals surface area contributed by atoms with E-state index in [1.165, 1.54) is 20.5 Å². The Morgan fingerprint density at radius 2 is 2.04 bits per heavy atom. The average molecular weight is 345 g/mol. The smallest absolute Gasteiger partial charge is 0.317 e. The van der Waals surface area contributed by atoms with E-state index >= 15 is 0 Å². The molecule has 1 N–H and O–H groups in total. The van der Waals surface area contributed by atoms with E-state index < -0.39 is 0 Å². The van der Waals surface area contributed by atoms with Crippen LogP contribution in [0.4, 0.5) is 4.79 Å². The van der Waals surface area contributed by atoms with Crippen LogP contribution in [0.3, 0.4) is 0 Å². The van der Waals surface area contributed by atoms with Crippen LogP contribution in [0.25, 0.3) is 10.1 Å². The zero-order valence-electron chi connectivity index (χ0n) is 13.1. The second kappa shape index (κ2) is 7.62. The highest BCUT2D eigenvalue weighted by Gasteiger charge is 2.12. The Bertz CT molecular complexity index is 764. The van der Waals surface area contributed by atoms with E-state index in [0.717, 1.165) is 6.42 Å². The van der Waals surface area contributed by atoms with Crippen LogP contribution >= 0.6 is 22.7 Å². The molecule has 2 amide bonds. The summed E-state index contributed by atoms with van der Waals surface area (Å²) in [6.45, 7) is 4.08. The average Bonchev–Trinajstić information content (AvgIpc) is 3.22. The standard InChI is InChI=1S/C18H20N2OS2/c1-2-20(12-15-6-5-11-22-15)18(21)19-10-9-14-13-23-17-8-4-3-7-16(14)17/h3-8,11,13H,2,9-10,12H2,1H3,(H,19,21). The van der Waals surface area contributed by atoms with Gasteiger partial charge in [-0.2, -0.15) is 0 Å². The second-order valence-electron chi connectivity index (χ2n) is 5.33. The molecule has 2 heterocycles. The number of hydrogen-bond acceptors (Lipinski definition) is 3. The molecule has 3 aromatic rings. The molecule has 0 fully saturated rings. The van der Waals surface area contributed by atoms with E-state index in [-0.39, 0.29) is 6.03 Å². The van der Waals surface area contributed by atoms with Crippen LogP contribution in [-0.4, -0.2) is 24.0 Å². The summed E-state index contributed by atoms with van der Waals surface area (Å²) in [5.41, 5.74) is 1.31. The lowest BCUT2D eigenvalue weighted by molar-refractivity contribution is 0.199. The molecular formula is C18H20N2OS2. The molecule has 0 bridgehead atoms. The molecular weight excluding hydrogens is 324 g/mol. The minimum atomic E-state index is 0.0143. The Kier molecular flexibility index (Phi) is 5.31. The van der Waals surface area contributed by atoms with Crippen LogP contribution in [0, 0.1) is 0 Å². The minimum absolute atomic E-state index is 0.0143. The van der Waals surface area contributed by atoms with Gasteiger partial charge in [-0.15, -0.1) is 22.7 Å². The van der Waals surface area contributed by atoms with Crippen LogP contribution < -0.4 is 5.32 Å².